The molecule has 2 aromatic heterocycles. The van der Waals surface area contributed by atoms with E-state index in [0.717, 1.165) is 39.3 Å². The maximum atomic E-state index is 5.85. The Morgan fingerprint density at radius 1 is 0.917 bits per heavy atom. The normalized spacial score (nSPS) is 10.7. The zero-order valence-corrected chi connectivity index (χ0v) is 13.3. The van der Waals surface area contributed by atoms with Gasteiger partial charge in [-0.05, 0) is 35.9 Å². The highest BCUT2D eigenvalue weighted by Gasteiger charge is 2.10. The molecule has 0 aliphatic carbocycles. The summed E-state index contributed by atoms with van der Waals surface area (Å²) in [5, 5.41) is 4.25. The van der Waals surface area contributed by atoms with E-state index in [-0.39, 0.29) is 0 Å². The van der Waals surface area contributed by atoms with Crippen molar-refractivity contribution in [2.75, 3.05) is 12.4 Å². The number of nitrogens with one attached hydrogen (secondary N) is 2. The molecule has 0 aliphatic rings. The van der Waals surface area contributed by atoms with Crippen LogP contribution in [0.15, 0.2) is 73.1 Å². The number of para-hydroxylation sites is 1. The molecule has 0 saturated heterocycles. The van der Waals surface area contributed by atoms with Crippen molar-refractivity contribution >= 4 is 16.7 Å². The Morgan fingerprint density at radius 2 is 1.67 bits per heavy atom. The molecule has 0 unspecified atom stereocenters. The number of benzene rings is 2. The number of rotatable bonds is 4. The summed E-state index contributed by atoms with van der Waals surface area (Å²) in [6.45, 7) is 0. The molecule has 4 heteroatoms. The molecule has 0 aliphatic heterocycles. The van der Waals surface area contributed by atoms with Gasteiger partial charge in [0.2, 0.25) is 0 Å². The smallest absolute Gasteiger partial charge is 0.135 e. The zero-order valence-electron chi connectivity index (χ0n) is 13.3. The minimum absolute atomic E-state index is 0.816. The second-order valence-corrected chi connectivity index (χ2v) is 5.47. The molecule has 0 amide bonds. The molecule has 2 aromatic carbocycles. The lowest BCUT2D eigenvalue weighted by molar-refractivity contribution is 0.483. The summed E-state index contributed by atoms with van der Waals surface area (Å²) in [4.78, 5) is 7.71. The summed E-state index contributed by atoms with van der Waals surface area (Å²) in [6, 6.07) is 19.8. The van der Waals surface area contributed by atoms with Crippen molar-refractivity contribution in [2.24, 2.45) is 0 Å². The first-order chi connectivity index (χ1) is 11.8. The largest absolute Gasteiger partial charge is 0.457 e. The summed E-state index contributed by atoms with van der Waals surface area (Å²) in [5.74, 6) is 2.52. The third-order valence-electron chi connectivity index (χ3n) is 3.97. The number of fused-ring (bicyclic) bond motifs is 1. The molecular formula is C20H17N3O. The third-order valence-corrected chi connectivity index (χ3v) is 3.97. The predicted octanol–water partition coefficient (Wildman–Crippen LogP) is 5.06. The molecule has 0 atom stereocenters. The summed E-state index contributed by atoms with van der Waals surface area (Å²) in [7, 11) is 1.88. The van der Waals surface area contributed by atoms with Crippen LogP contribution in [-0.2, 0) is 0 Å². The highest BCUT2D eigenvalue weighted by molar-refractivity contribution is 6.02. The van der Waals surface area contributed by atoms with Crippen LogP contribution in [0.25, 0.3) is 22.0 Å². The molecule has 0 fully saturated rings. The maximum Gasteiger partial charge on any atom is 0.135 e. The SMILES string of the molecule is CNc1nccc2[nH]cc(-c3ccc(Oc4ccccc4)cc3)c12. The van der Waals surface area contributed by atoms with Crippen LogP contribution in [-0.4, -0.2) is 17.0 Å². The molecule has 0 spiro atoms. The average Bonchev–Trinajstić information content (AvgIpc) is 3.07. The van der Waals surface area contributed by atoms with Crippen LogP contribution in [0.4, 0.5) is 5.82 Å². The number of ether oxygens (including phenoxy) is 1. The summed E-state index contributed by atoms with van der Waals surface area (Å²) in [5.41, 5.74) is 3.30. The van der Waals surface area contributed by atoms with Gasteiger partial charge in [0.05, 0.1) is 5.52 Å². The van der Waals surface area contributed by atoms with Gasteiger partial charge in [-0.1, -0.05) is 30.3 Å². The minimum atomic E-state index is 0.816. The number of anilines is 1. The highest BCUT2D eigenvalue weighted by atomic mass is 16.5. The van der Waals surface area contributed by atoms with Gasteiger partial charge < -0.3 is 15.0 Å². The van der Waals surface area contributed by atoms with Gasteiger partial charge in [0.15, 0.2) is 0 Å². The highest BCUT2D eigenvalue weighted by Crippen LogP contribution is 2.33. The van der Waals surface area contributed by atoms with Gasteiger partial charge >= 0.3 is 0 Å². The second-order valence-electron chi connectivity index (χ2n) is 5.47. The van der Waals surface area contributed by atoms with Crippen LogP contribution in [0.3, 0.4) is 0 Å². The van der Waals surface area contributed by atoms with Crippen LogP contribution in [0, 0.1) is 0 Å². The lowest BCUT2D eigenvalue weighted by Gasteiger charge is -2.07. The monoisotopic (exact) mass is 315 g/mol. The molecule has 0 radical (unpaired) electrons. The molecule has 4 aromatic rings. The lowest BCUT2D eigenvalue weighted by atomic mass is 10.1. The van der Waals surface area contributed by atoms with Gasteiger partial charge in [0, 0.05) is 30.4 Å². The van der Waals surface area contributed by atoms with Crippen molar-refractivity contribution in [3.63, 3.8) is 0 Å². The molecule has 0 bridgehead atoms. The number of nitrogens with zero attached hydrogens (tertiary/aromatic N) is 1. The number of hydrogen-bond donors (Lipinski definition) is 2. The second kappa shape index (κ2) is 6.08. The van der Waals surface area contributed by atoms with Gasteiger partial charge in [-0.25, -0.2) is 4.98 Å². The number of aromatic nitrogens is 2. The van der Waals surface area contributed by atoms with Gasteiger partial charge in [-0.3, -0.25) is 0 Å². The molecular weight excluding hydrogens is 298 g/mol. The Balaban J connectivity index is 1.68. The molecule has 0 saturated carbocycles. The molecule has 2 heterocycles. The van der Waals surface area contributed by atoms with Crippen molar-refractivity contribution in [1.82, 2.24) is 9.97 Å². The summed E-state index contributed by atoms with van der Waals surface area (Å²) >= 11 is 0. The standard InChI is InChI=1S/C20H17N3O/c1-21-20-19-17(13-23-18(19)11-12-22-20)14-7-9-16(10-8-14)24-15-5-3-2-4-6-15/h2-13,23H,1H3,(H,21,22). The van der Waals surface area contributed by atoms with E-state index < -0.39 is 0 Å². The van der Waals surface area contributed by atoms with E-state index in [1.54, 1.807) is 6.20 Å². The lowest BCUT2D eigenvalue weighted by Crippen LogP contribution is -1.92. The van der Waals surface area contributed by atoms with E-state index in [2.05, 4.69) is 27.4 Å². The van der Waals surface area contributed by atoms with Crippen LogP contribution in [0.2, 0.25) is 0 Å². The van der Waals surface area contributed by atoms with Gasteiger partial charge in [0.1, 0.15) is 17.3 Å². The van der Waals surface area contributed by atoms with Gasteiger partial charge in [0.25, 0.3) is 0 Å². The molecule has 4 nitrogen and oxygen atoms in total. The van der Waals surface area contributed by atoms with Crippen molar-refractivity contribution in [3.8, 4) is 22.6 Å². The predicted molar refractivity (Wildman–Crippen MR) is 97.6 cm³/mol. The quantitative estimate of drug-likeness (QED) is 0.553. The molecule has 4 rings (SSSR count). The molecule has 24 heavy (non-hydrogen) atoms. The number of H-pyrrole nitrogens is 1. The van der Waals surface area contributed by atoms with Crippen molar-refractivity contribution in [3.05, 3.63) is 73.1 Å². The van der Waals surface area contributed by atoms with Crippen molar-refractivity contribution < 1.29 is 4.74 Å². The number of pyridine rings is 1. The molecule has 2 N–H and O–H groups in total. The third kappa shape index (κ3) is 2.58. The Kier molecular flexibility index (Phi) is 3.63. The minimum Gasteiger partial charge on any atom is -0.457 e. The van der Waals surface area contributed by atoms with E-state index in [0.29, 0.717) is 0 Å². The van der Waals surface area contributed by atoms with Crippen LogP contribution < -0.4 is 10.1 Å². The van der Waals surface area contributed by atoms with Gasteiger partial charge in [-0.2, -0.15) is 0 Å². The Morgan fingerprint density at radius 3 is 2.42 bits per heavy atom. The fraction of sp³-hybridized carbons (Fsp3) is 0.0500. The van der Waals surface area contributed by atoms with Gasteiger partial charge in [-0.15, -0.1) is 0 Å². The first-order valence-corrected chi connectivity index (χ1v) is 7.82. The summed E-state index contributed by atoms with van der Waals surface area (Å²) in [6.07, 6.45) is 3.81. The van der Waals surface area contributed by atoms with Crippen LogP contribution >= 0.6 is 0 Å². The average molecular weight is 315 g/mol. The van der Waals surface area contributed by atoms with E-state index in [4.69, 9.17) is 4.74 Å². The molecule has 118 valence electrons. The first kappa shape index (κ1) is 14.3. The van der Waals surface area contributed by atoms with E-state index in [1.807, 2.05) is 61.8 Å². The topological polar surface area (TPSA) is 49.9 Å². The van der Waals surface area contributed by atoms with E-state index >= 15 is 0 Å². The fourth-order valence-electron chi connectivity index (χ4n) is 2.82. The van der Waals surface area contributed by atoms with Crippen molar-refractivity contribution in [2.45, 2.75) is 0 Å². The Bertz CT molecular complexity index is 959. The number of hydrogen-bond acceptors (Lipinski definition) is 3. The fourth-order valence-corrected chi connectivity index (χ4v) is 2.82. The number of aromatic amines is 1. The zero-order chi connectivity index (χ0) is 16.4. The van der Waals surface area contributed by atoms with E-state index in [9.17, 15) is 0 Å². The van der Waals surface area contributed by atoms with Crippen molar-refractivity contribution in [1.29, 1.82) is 0 Å². The van der Waals surface area contributed by atoms with E-state index in [1.165, 1.54) is 0 Å². The first-order valence-electron chi connectivity index (χ1n) is 7.82. The Labute approximate surface area is 140 Å². The van der Waals surface area contributed by atoms with Crippen LogP contribution in [0.1, 0.15) is 0 Å². The van der Waals surface area contributed by atoms with Crippen LogP contribution in [0.5, 0.6) is 11.5 Å². The maximum absolute atomic E-state index is 5.85. The summed E-state index contributed by atoms with van der Waals surface area (Å²) < 4.78 is 5.85. The Hall–Kier alpha value is -3.27.